The Morgan fingerprint density at radius 1 is 1.29 bits per heavy atom. The third-order valence-electron chi connectivity index (χ3n) is 4.44. The number of carbonyl (C=O) groups is 1. The number of aryl methyl sites for hydroxylation is 2. The van der Waals surface area contributed by atoms with E-state index in [-0.39, 0.29) is 5.91 Å². The molecule has 3 rings (SSSR count). The van der Waals surface area contributed by atoms with E-state index in [1.54, 1.807) is 17.5 Å². The summed E-state index contributed by atoms with van der Waals surface area (Å²) in [5, 5.41) is 7.43. The highest BCUT2D eigenvalue weighted by Gasteiger charge is 2.24. The molecule has 1 aliphatic rings. The zero-order valence-corrected chi connectivity index (χ0v) is 15.5. The van der Waals surface area contributed by atoms with Crippen molar-refractivity contribution in [2.24, 2.45) is 7.05 Å². The lowest BCUT2D eigenvalue weighted by Gasteiger charge is -2.21. The second kappa shape index (κ2) is 7.34. The zero-order chi connectivity index (χ0) is 17.1. The van der Waals surface area contributed by atoms with Gasteiger partial charge in [0.25, 0.3) is 5.91 Å². The van der Waals surface area contributed by atoms with Gasteiger partial charge in [0.05, 0.1) is 23.1 Å². The van der Waals surface area contributed by atoms with Gasteiger partial charge in [0, 0.05) is 38.6 Å². The fourth-order valence-corrected chi connectivity index (χ4v) is 4.00. The molecule has 1 aliphatic heterocycles. The quantitative estimate of drug-likeness (QED) is 0.853. The molecule has 24 heavy (non-hydrogen) atoms. The molecule has 6 nitrogen and oxygen atoms in total. The highest BCUT2D eigenvalue weighted by atomic mass is 32.1. The second-order valence-electron chi connectivity index (χ2n) is 6.28. The van der Waals surface area contributed by atoms with E-state index in [2.05, 4.69) is 27.3 Å². The second-order valence-corrected chi connectivity index (χ2v) is 7.12. The molecule has 0 radical (unpaired) electrons. The Hall–Kier alpha value is -1.89. The van der Waals surface area contributed by atoms with Crippen LogP contribution in [0.1, 0.15) is 41.5 Å². The fraction of sp³-hybridized carbons (Fsp3) is 0.588. The summed E-state index contributed by atoms with van der Waals surface area (Å²) in [4.78, 5) is 21.8. The average Bonchev–Trinajstić information content (AvgIpc) is 3.06. The van der Waals surface area contributed by atoms with Gasteiger partial charge in [-0.1, -0.05) is 13.3 Å². The fourth-order valence-electron chi connectivity index (χ4n) is 3.14. The third kappa shape index (κ3) is 3.45. The van der Waals surface area contributed by atoms with E-state index in [4.69, 9.17) is 0 Å². The SMILES string of the molecule is CCCc1c(C(=O)N2CCCN(c3nc(C)cs3)CC2)cnn1C. The van der Waals surface area contributed by atoms with Gasteiger partial charge < -0.3 is 9.80 Å². The third-order valence-corrected chi connectivity index (χ3v) is 5.46. The maximum atomic E-state index is 12.9. The van der Waals surface area contributed by atoms with Gasteiger partial charge >= 0.3 is 0 Å². The first-order chi connectivity index (χ1) is 11.6. The minimum absolute atomic E-state index is 0.115. The molecule has 0 bridgehead atoms. The lowest BCUT2D eigenvalue weighted by Crippen LogP contribution is -2.35. The Bertz CT molecular complexity index is 708. The first kappa shape index (κ1) is 17.0. The van der Waals surface area contributed by atoms with Crippen LogP contribution in [0.15, 0.2) is 11.6 Å². The molecule has 0 atom stereocenters. The van der Waals surface area contributed by atoms with Gasteiger partial charge in [0.1, 0.15) is 0 Å². The van der Waals surface area contributed by atoms with Crippen molar-refractivity contribution in [1.29, 1.82) is 0 Å². The highest BCUT2D eigenvalue weighted by molar-refractivity contribution is 7.13. The van der Waals surface area contributed by atoms with E-state index in [9.17, 15) is 4.79 Å². The molecule has 0 aliphatic carbocycles. The van der Waals surface area contributed by atoms with Gasteiger partial charge in [-0.05, 0) is 19.8 Å². The summed E-state index contributed by atoms with van der Waals surface area (Å²) in [6.45, 7) is 7.46. The summed E-state index contributed by atoms with van der Waals surface area (Å²) in [5.74, 6) is 0.115. The van der Waals surface area contributed by atoms with E-state index in [1.807, 2.05) is 23.6 Å². The van der Waals surface area contributed by atoms with Crippen LogP contribution in [0.3, 0.4) is 0 Å². The van der Waals surface area contributed by atoms with E-state index in [0.717, 1.165) is 67.5 Å². The first-order valence-electron chi connectivity index (χ1n) is 8.57. The Balaban J connectivity index is 1.71. The zero-order valence-electron chi connectivity index (χ0n) is 14.7. The van der Waals surface area contributed by atoms with Crippen LogP contribution in [-0.2, 0) is 13.5 Å². The first-order valence-corrected chi connectivity index (χ1v) is 9.45. The Morgan fingerprint density at radius 2 is 2.12 bits per heavy atom. The lowest BCUT2D eigenvalue weighted by molar-refractivity contribution is 0.0765. The Labute approximate surface area is 147 Å². The van der Waals surface area contributed by atoms with Gasteiger partial charge in [0.15, 0.2) is 5.13 Å². The molecule has 0 aromatic carbocycles. The van der Waals surface area contributed by atoms with E-state index in [1.165, 1.54) is 0 Å². The molecule has 0 unspecified atom stereocenters. The molecule has 0 spiro atoms. The van der Waals surface area contributed by atoms with Crippen LogP contribution in [0.25, 0.3) is 0 Å². The van der Waals surface area contributed by atoms with E-state index < -0.39 is 0 Å². The van der Waals surface area contributed by atoms with Crippen molar-refractivity contribution in [1.82, 2.24) is 19.7 Å². The van der Waals surface area contributed by atoms with Crippen LogP contribution in [0.5, 0.6) is 0 Å². The van der Waals surface area contributed by atoms with Crippen molar-refractivity contribution in [3.63, 3.8) is 0 Å². The maximum Gasteiger partial charge on any atom is 0.257 e. The van der Waals surface area contributed by atoms with Crippen molar-refractivity contribution in [3.8, 4) is 0 Å². The monoisotopic (exact) mass is 347 g/mol. The van der Waals surface area contributed by atoms with Crippen molar-refractivity contribution < 1.29 is 4.79 Å². The van der Waals surface area contributed by atoms with Crippen molar-refractivity contribution in [2.45, 2.75) is 33.1 Å². The number of thiazole rings is 1. The number of carbonyl (C=O) groups excluding carboxylic acids is 1. The maximum absolute atomic E-state index is 12.9. The summed E-state index contributed by atoms with van der Waals surface area (Å²) in [7, 11) is 1.91. The molecule has 2 aromatic heterocycles. The van der Waals surface area contributed by atoms with Gasteiger partial charge in [-0.2, -0.15) is 5.10 Å². The molecule has 1 saturated heterocycles. The summed E-state index contributed by atoms with van der Waals surface area (Å²) in [5.41, 5.74) is 2.86. The summed E-state index contributed by atoms with van der Waals surface area (Å²) < 4.78 is 1.83. The predicted molar refractivity (Wildman–Crippen MR) is 96.8 cm³/mol. The van der Waals surface area contributed by atoms with Crippen LogP contribution in [0.4, 0.5) is 5.13 Å². The van der Waals surface area contributed by atoms with Gasteiger partial charge in [-0.3, -0.25) is 9.48 Å². The number of amides is 1. The van der Waals surface area contributed by atoms with Crippen LogP contribution in [-0.4, -0.2) is 51.8 Å². The topological polar surface area (TPSA) is 54.3 Å². The minimum atomic E-state index is 0.115. The highest BCUT2D eigenvalue weighted by Crippen LogP contribution is 2.22. The normalized spacial score (nSPS) is 15.6. The van der Waals surface area contributed by atoms with Gasteiger partial charge in [-0.15, -0.1) is 11.3 Å². The van der Waals surface area contributed by atoms with E-state index in [0.29, 0.717) is 0 Å². The smallest absolute Gasteiger partial charge is 0.257 e. The van der Waals surface area contributed by atoms with Crippen molar-refractivity contribution in [2.75, 3.05) is 31.1 Å². The largest absolute Gasteiger partial charge is 0.346 e. The number of anilines is 1. The number of hydrogen-bond donors (Lipinski definition) is 0. The molecule has 3 heterocycles. The van der Waals surface area contributed by atoms with Crippen LogP contribution in [0, 0.1) is 6.92 Å². The Morgan fingerprint density at radius 3 is 2.83 bits per heavy atom. The van der Waals surface area contributed by atoms with Crippen molar-refractivity contribution in [3.05, 3.63) is 28.5 Å². The number of aromatic nitrogens is 3. The van der Waals surface area contributed by atoms with Crippen LogP contribution >= 0.6 is 11.3 Å². The predicted octanol–water partition coefficient (Wildman–Crippen LogP) is 2.49. The standard InChI is InChI=1S/C17H25N5OS/c1-4-6-15-14(11-18-20(15)3)16(23)21-7-5-8-22(10-9-21)17-19-13(2)12-24-17/h11-12H,4-10H2,1-3H3. The molecule has 0 N–H and O–H groups in total. The lowest BCUT2D eigenvalue weighted by atomic mass is 10.1. The van der Waals surface area contributed by atoms with Gasteiger partial charge in [0.2, 0.25) is 0 Å². The number of rotatable bonds is 4. The number of hydrogen-bond acceptors (Lipinski definition) is 5. The summed E-state index contributed by atoms with van der Waals surface area (Å²) in [6, 6.07) is 0. The average molecular weight is 347 g/mol. The molecule has 1 fully saturated rings. The molecule has 0 saturated carbocycles. The Kier molecular flexibility index (Phi) is 5.18. The molecule has 1 amide bonds. The van der Waals surface area contributed by atoms with Crippen LogP contribution < -0.4 is 4.90 Å². The minimum Gasteiger partial charge on any atom is -0.346 e. The van der Waals surface area contributed by atoms with Crippen LogP contribution in [0.2, 0.25) is 0 Å². The van der Waals surface area contributed by atoms with Gasteiger partial charge in [-0.25, -0.2) is 4.98 Å². The molecule has 7 heteroatoms. The summed E-state index contributed by atoms with van der Waals surface area (Å²) >= 11 is 1.68. The molecular weight excluding hydrogens is 322 g/mol. The summed E-state index contributed by atoms with van der Waals surface area (Å²) in [6.07, 6.45) is 4.58. The molecule has 2 aromatic rings. The number of nitrogens with zero attached hydrogens (tertiary/aromatic N) is 5. The molecular formula is C17H25N5OS. The molecule has 130 valence electrons. The van der Waals surface area contributed by atoms with Crippen molar-refractivity contribution >= 4 is 22.4 Å². The van der Waals surface area contributed by atoms with E-state index >= 15 is 0 Å².